The summed E-state index contributed by atoms with van der Waals surface area (Å²) in [5.74, 6) is -0.228. The first kappa shape index (κ1) is 13.9. The second-order valence-electron chi connectivity index (χ2n) is 3.58. The van der Waals surface area contributed by atoms with Crippen LogP contribution in [0.2, 0.25) is 0 Å². The third-order valence-electron chi connectivity index (χ3n) is 2.49. The average Bonchev–Trinajstić information content (AvgIpc) is 2.38. The second kappa shape index (κ2) is 6.53. The van der Waals surface area contributed by atoms with Crippen LogP contribution in [0, 0.1) is 10.1 Å². The summed E-state index contributed by atoms with van der Waals surface area (Å²) in [5, 5.41) is 13.3. The molecular formula is C11H16N4O3. The highest BCUT2D eigenvalue weighted by atomic mass is 16.6. The molecule has 18 heavy (non-hydrogen) atoms. The van der Waals surface area contributed by atoms with Gasteiger partial charge in [0.25, 0.3) is 0 Å². The highest BCUT2D eigenvalue weighted by Crippen LogP contribution is 2.11. The Balaban J connectivity index is 2.53. The number of likely N-dealkylation sites (N-methyl/N-ethyl adjacent to an activating group) is 1. The van der Waals surface area contributed by atoms with Crippen LogP contribution < -0.4 is 5.32 Å². The van der Waals surface area contributed by atoms with Gasteiger partial charge in [0.2, 0.25) is 5.91 Å². The number of hydrogen-bond donors (Lipinski definition) is 1. The third-order valence-corrected chi connectivity index (χ3v) is 2.49. The zero-order chi connectivity index (χ0) is 13.5. The molecule has 1 N–H and O–H groups in total. The molecule has 0 saturated carbocycles. The van der Waals surface area contributed by atoms with E-state index in [0.29, 0.717) is 18.8 Å². The lowest BCUT2D eigenvalue weighted by molar-refractivity contribution is -0.389. The van der Waals surface area contributed by atoms with Gasteiger partial charge in [-0.1, -0.05) is 0 Å². The molecular weight excluding hydrogens is 236 g/mol. The van der Waals surface area contributed by atoms with Crippen LogP contribution in [-0.2, 0) is 4.79 Å². The Bertz CT molecular complexity index is 415. The minimum atomic E-state index is -0.565. The number of rotatable bonds is 6. The summed E-state index contributed by atoms with van der Waals surface area (Å²) >= 11 is 0. The first-order valence-corrected chi connectivity index (χ1v) is 5.70. The Labute approximate surface area is 105 Å². The first-order chi connectivity index (χ1) is 8.58. The number of nitrogens with one attached hydrogen (secondary N) is 1. The van der Waals surface area contributed by atoms with Gasteiger partial charge in [-0.3, -0.25) is 4.79 Å². The molecule has 0 radical (unpaired) electrons. The summed E-state index contributed by atoms with van der Waals surface area (Å²) in [7, 11) is 0. The summed E-state index contributed by atoms with van der Waals surface area (Å²) < 4.78 is 0. The molecule has 0 spiro atoms. The molecule has 0 atom stereocenters. The lowest BCUT2D eigenvalue weighted by Crippen LogP contribution is -2.35. The van der Waals surface area contributed by atoms with Gasteiger partial charge in [0.1, 0.15) is 0 Å². The number of carbonyl (C=O) groups excluding carboxylic acids is 1. The van der Waals surface area contributed by atoms with E-state index in [9.17, 15) is 14.9 Å². The van der Waals surface area contributed by atoms with E-state index in [4.69, 9.17) is 0 Å². The van der Waals surface area contributed by atoms with Crippen LogP contribution in [-0.4, -0.2) is 40.3 Å². The SMILES string of the molecule is CCN(CC)C(=O)CNc1ccc([N+](=O)[O-])nc1. The van der Waals surface area contributed by atoms with Crippen LogP contribution >= 0.6 is 0 Å². The number of aromatic nitrogens is 1. The number of amides is 1. The predicted molar refractivity (Wildman–Crippen MR) is 67.3 cm³/mol. The lowest BCUT2D eigenvalue weighted by atomic mass is 10.4. The fourth-order valence-corrected chi connectivity index (χ4v) is 1.46. The van der Waals surface area contributed by atoms with Crippen molar-refractivity contribution in [2.45, 2.75) is 13.8 Å². The predicted octanol–water partition coefficient (Wildman–Crippen LogP) is 1.27. The molecule has 0 saturated heterocycles. The average molecular weight is 252 g/mol. The summed E-state index contributed by atoms with van der Waals surface area (Å²) in [6.45, 7) is 5.30. The van der Waals surface area contributed by atoms with Crippen molar-refractivity contribution in [3.63, 3.8) is 0 Å². The summed E-state index contributed by atoms with van der Waals surface area (Å²) in [6.07, 6.45) is 1.34. The van der Waals surface area contributed by atoms with Gasteiger partial charge in [0.15, 0.2) is 6.20 Å². The van der Waals surface area contributed by atoms with Crippen LogP contribution in [0.15, 0.2) is 18.3 Å². The van der Waals surface area contributed by atoms with Gasteiger partial charge in [-0.25, -0.2) is 0 Å². The number of hydrogen-bond acceptors (Lipinski definition) is 5. The topological polar surface area (TPSA) is 88.4 Å². The maximum atomic E-state index is 11.7. The molecule has 0 aliphatic heterocycles. The Kier molecular flexibility index (Phi) is 5.04. The van der Waals surface area contributed by atoms with Crippen molar-refractivity contribution >= 4 is 17.4 Å². The first-order valence-electron chi connectivity index (χ1n) is 5.70. The lowest BCUT2D eigenvalue weighted by Gasteiger charge is -2.18. The van der Waals surface area contributed by atoms with Crippen molar-refractivity contribution in [3.8, 4) is 0 Å². The highest BCUT2D eigenvalue weighted by molar-refractivity contribution is 5.80. The van der Waals surface area contributed by atoms with Crippen LogP contribution in [0.5, 0.6) is 0 Å². The summed E-state index contributed by atoms with van der Waals surface area (Å²) in [4.78, 5) is 26.9. The molecule has 1 rings (SSSR count). The Morgan fingerprint density at radius 3 is 2.56 bits per heavy atom. The fraction of sp³-hybridized carbons (Fsp3) is 0.455. The van der Waals surface area contributed by atoms with Gasteiger partial charge in [0, 0.05) is 19.2 Å². The number of pyridine rings is 1. The molecule has 1 aromatic heterocycles. The van der Waals surface area contributed by atoms with Crippen molar-refractivity contribution in [1.82, 2.24) is 9.88 Å². The van der Waals surface area contributed by atoms with Gasteiger partial charge in [-0.2, -0.15) is 0 Å². The zero-order valence-corrected chi connectivity index (χ0v) is 10.4. The van der Waals surface area contributed by atoms with Gasteiger partial charge in [-0.05, 0) is 29.8 Å². The smallest absolute Gasteiger partial charge is 0.363 e. The van der Waals surface area contributed by atoms with E-state index in [0.717, 1.165) is 0 Å². The molecule has 1 amide bonds. The normalized spacial score (nSPS) is 9.89. The fourth-order valence-electron chi connectivity index (χ4n) is 1.46. The van der Waals surface area contributed by atoms with E-state index in [1.807, 2.05) is 13.8 Å². The summed E-state index contributed by atoms with van der Waals surface area (Å²) in [6, 6.07) is 2.82. The molecule has 0 aliphatic carbocycles. The Morgan fingerprint density at radius 1 is 1.44 bits per heavy atom. The Morgan fingerprint density at radius 2 is 2.11 bits per heavy atom. The van der Waals surface area contributed by atoms with Gasteiger partial charge >= 0.3 is 5.82 Å². The number of anilines is 1. The molecule has 0 aliphatic rings. The standard InChI is InChI=1S/C11H16N4O3/c1-3-14(4-2)11(16)8-12-9-5-6-10(13-7-9)15(17)18/h5-7,12H,3-4,8H2,1-2H3. The van der Waals surface area contributed by atoms with E-state index in [1.165, 1.54) is 18.3 Å². The van der Waals surface area contributed by atoms with Crippen LogP contribution in [0.3, 0.4) is 0 Å². The monoisotopic (exact) mass is 252 g/mol. The van der Waals surface area contributed by atoms with Crippen molar-refractivity contribution in [2.24, 2.45) is 0 Å². The molecule has 0 bridgehead atoms. The molecule has 7 nitrogen and oxygen atoms in total. The molecule has 0 unspecified atom stereocenters. The molecule has 1 aromatic rings. The second-order valence-corrected chi connectivity index (χ2v) is 3.58. The van der Waals surface area contributed by atoms with Gasteiger partial charge < -0.3 is 20.3 Å². The molecule has 1 heterocycles. The highest BCUT2D eigenvalue weighted by Gasteiger charge is 2.10. The van der Waals surface area contributed by atoms with E-state index in [-0.39, 0.29) is 18.3 Å². The van der Waals surface area contributed by atoms with Crippen LogP contribution in [0.1, 0.15) is 13.8 Å². The van der Waals surface area contributed by atoms with E-state index in [1.54, 1.807) is 4.90 Å². The zero-order valence-electron chi connectivity index (χ0n) is 10.4. The number of carbonyl (C=O) groups is 1. The van der Waals surface area contributed by atoms with Crippen LogP contribution in [0.4, 0.5) is 11.5 Å². The molecule has 0 aromatic carbocycles. The van der Waals surface area contributed by atoms with E-state index < -0.39 is 4.92 Å². The van der Waals surface area contributed by atoms with Gasteiger partial charge in [0.05, 0.1) is 12.2 Å². The Hall–Kier alpha value is -2.18. The van der Waals surface area contributed by atoms with Crippen LogP contribution in [0.25, 0.3) is 0 Å². The molecule has 7 heteroatoms. The van der Waals surface area contributed by atoms with Crippen molar-refractivity contribution in [2.75, 3.05) is 25.0 Å². The minimum absolute atomic E-state index is 0.0154. The number of nitrogens with zero attached hydrogens (tertiary/aromatic N) is 3. The van der Waals surface area contributed by atoms with E-state index in [2.05, 4.69) is 10.3 Å². The van der Waals surface area contributed by atoms with Crippen molar-refractivity contribution in [3.05, 3.63) is 28.4 Å². The molecule has 0 fully saturated rings. The largest absolute Gasteiger partial charge is 0.373 e. The minimum Gasteiger partial charge on any atom is -0.373 e. The summed E-state index contributed by atoms with van der Waals surface area (Å²) in [5.41, 5.74) is 0.584. The number of nitro groups is 1. The van der Waals surface area contributed by atoms with E-state index >= 15 is 0 Å². The van der Waals surface area contributed by atoms with Gasteiger partial charge in [-0.15, -0.1) is 0 Å². The van der Waals surface area contributed by atoms with Crippen molar-refractivity contribution in [1.29, 1.82) is 0 Å². The maximum Gasteiger partial charge on any atom is 0.363 e. The quantitative estimate of drug-likeness (QED) is 0.608. The third kappa shape index (κ3) is 3.69. The maximum absolute atomic E-state index is 11.7. The molecule has 98 valence electrons. The van der Waals surface area contributed by atoms with Crippen molar-refractivity contribution < 1.29 is 9.72 Å².